The van der Waals surface area contributed by atoms with Gasteiger partial charge in [-0.25, -0.2) is 4.98 Å². The Hall–Kier alpha value is -2.27. The van der Waals surface area contributed by atoms with Crippen LogP contribution in [0.25, 0.3) is 11.7 Å². The summed E-state index contributed by atoms with van der Waals surface area (Å²) < 4.78 is 7.07. The largest absolute Gasteiger partial charge is 0.383 e. The number of carbonyl (C=O) groups excluding carboxylic acids is 1. The molecule has 0 spiro atoms. The molecule has 0 bridgehead atoms. The van der Waals surface area contributed by atoms with Gasteiger partial charge >= 0.3 is 0 Å². The molecule has 8 nitrogen and oxygen atoms in total. The Morgan fingerprint density at radius 3 is 2.71 bits per heavy atom. The first-order chi connectivity index (χ1) is 15.0. The van der Waals surface area contributed by atoms with Gasteiger partial charge in [0.25, 0.3) is 11.5 Å². The number of ether oxygens (including phenoxy) is 1. The maximum absolute atomic E-state index is 13.4. The number of aromatic nitrogens is 2. The molecular weight excluding hydrogens is 434 g/mol. The number of thioether (sulfide) groups is 1. The molecule has 2 aromatic rings. The Morgan fingerprint density at radius 2 is 2.00 bits per heavy atom. The standard InChI is InChI=1S/C21H25N5O3S2/c1-3-23-8-10-24(11-9-23)18-15(19(27)25-7-5-4-6-17(25)22-18)14-16-20(28)26(12-13-29-2)21(30)31-16/h4-7,14H,3,8-13H2,1-2H3/b16-14-. The van der Waals surface area contributed by atoms with Crippen molar-refractivity contribution >= 4 is 51.7 Å². The number of amides is 1. The van der Waals surface area contributed by atoms with E-state index < -0.39 is 0 Å². The Labute approximate surface area is 190 Å². The Bertz CT molecular complexity index is 1090. The van der Waals surface area contributed by atoms with Crippen LogP contribution in [0, 0.1) is 0 Å². The highest BCUT2D eigenvalue weighted by molar-refractivity contribution is 8.26. The number of likely N-dealkylation sites (N-methyl/N-ethyl adjacent to an activating group) is 1. The van der Waals surface area contributed by atoms with Crippen molar-refractivity contribution < 1.29 is 9.53 Å². The van der Waals surface area contributed by atoms with Crippen molar-refractivity contribution in [3.8, 4) is 0 Å². The maximum Gasteiger partial charge on any atom is 0.267 e. The molecule has 164 valence electrons. The molecule has 0 unspecified atom stereocenters. The van der Waals surface area contributed by atoms with Crippen LogP contribution in [-0.2, 0) is 9.53 Å². The van der Waals surface area contributed by atoms with Crippen LogP contribution < -0.4 is 10.5 Å². The van der Waals surface area contributed by atoms with Gasteiger partial charge in [-0.15, -0.1) is 0 Å². The summed E-state index contributed by atoms with van der Waals surface area (Å²) in [5.74, 6) is 0.417. The molecule has 4 rings (SSSR count). The van der Waals surface area contributed by atoms with Gasteiger partial charge in [0.1, 0.15) is 15.8 Å². The highest BCUT2D eigenvalue weighted by Gasteiger charge is 2.33. The molecule has 0 atom stereocenters. The molecule has 2 fully saturated rings. The third-order valence-corrected chi connectivity index (χ3v) is 6.91. The van der Waals surface area contributed by atoms with Gasteiger partial charge in [0.2, 0.25) is 0 Å². The van der Waals surface area contributed by atoms with Crippen molar-refractivity contribution in [2.45, 2.75) is 6.92 Å². The maximum atomic E-state index is 13.4. The van der Waals surface area contributed by atoms with Crippen molar-refractivity contribution in [2.75, 3.05) is 57.9 Å². The van der Waals surface area contributed by atoms with Gasteiger partial charge in [-0.05, 0) is 24.8 Å². The number of methoxy groups -OCH3 is 1. The van der Waals surface area contributed by atoms with E-state index in [1.54, 1.807) is 25.4 Å². The van der Waals surface area contributed by atoms with Crippen LogP contribution in [0.15, 0.2) is 34.1 Å². The lowest BCUT2D eigenvalue weighted by Gasteiger charge is -2.35. The quantitative estimate of drug-likeness (QED) is 0.478. The number of fused-ring (bicyclic) bond motifs is 1. The summed E-state index contributed by atoms with van der Waals surface area (Å²) in [6.45, 7) is 7.30. The molecule has 0 N–H and O–H groups in total. The molecule has 31 heavy (non-hydrogen) atoms. The summed E-state index contributed by atoms with van der Waals surface area (Å²) in [6.07, 6.45) is 3.35. The van der Waals surface area contributed by atoms with Gasteiger partial charge in [-0.1, -0.05) is 37.0 Å². The van der Waals surface area contributed by atoms with E-state index >= 15 is 0 Å². The molecule has 1 amide bonds. The monoisotopic (exact) mass is 459 g/mol. The predicted molar refractivity (Wildman–Crippen MR) is 128 cm³/mol. The Balaban J connectivity index is 1.77. The highest BCUT2D eigenvalue weighted by atomic mass is 32.2. The molecule has 0 radical (unpaired) electrons. The fraction of sp³-hybridized carbons (Fsp3) is 0.429. The van der Waals surface area contributed by atoms with Gasteiger partial charge in [0, 0.05) is 39.5 Å². The van der Waals surface area contributed by atoms with Crippen LogP contribution in [0.2, 0.25) is 0 Å². The van der Waals surface area contributed by atoms with E-state index in [0.717, 1.165) is 32.7 Å². The number of piperazine rings is 1. The van der Waals surface area contributed by atoms with E-state index in [2.05, 4.69) is 16.7 Å². The topological polar surface area (TPSA) is 70.4 Å². The average Bonchev–Trinajstić information content (AvgIpc) is 3.06. The third-order valence-electron chi connectivity index (χ3n) is 5.54. The van der Waals surface area contributed by atoms with E-state index in [9.17, 15) is 9.59 Å². The number of hydrogen-bond donors (Lipinski definition) is 0. The van der Waals surface area contributed by atoms with Crippen molar-refractivity contribution in [1.29, 1.82) is 0 Å². The molecule has 0 saturated carbocycles. The van der Waals surface area contributed by atoms with Gasteiger partial charge in [-0.3, -0.25) is 18.9 Å². The molecule has 2 aromatic heterocycles. The first-order valence-electron chi connectivity index (χ1n) is 10.3. The molecule has 2 aliphatic rings. The number of thiocarbonyl (C=S) groups is 1. The summed E-state index contributed by atoms with van der Waals surface area (Å²) >= 11 is 6.59. The summed E-state index contributed by atoms with van der Waals surface area (Å²) in [5.41, 5.74) is 0.812. The molecule has 0 aromatic carbocycles. The van der Waals surface area contributed by atoms with Crippen LogP contribution in [-0.4, -0.2) is 82.4 Å². The second-order valence-electron chi connectivity index (χ2n) is 7.33. The summed E-state index contributed by atoms with van der Waals surface area (Å²) in [7, 11) is 1.58. The smallest absolute Gasteiger partial charge is 0.267 e. The zero-order chi connectivity index (χ0) is 22.0. The van der Waals surface area contributed by atoms with Crippen molar-refractivity contribution in [2.24, 2.45) is 0 Å². The predicted octanol–water partition coefficient (Wildman–Crippen LogP) is 1.68. The zero-order valence-electron chi connectivity index (χ0n) is 17.6. The summed E-state index contributed by atoms with van der Waals surface area (Å²) in [6, 6.07) is 5.48. The number of carbonyl (C=O) groups is 1. The minimum atomic E-state index is -0.202. The van der Waals surface area contributed by atoms with E-state index in [0.29, 0.717) is 39.4 Å². The van der Waals surface area contributed by atoms with E-state index in [4.69, 9.17) is 21.9 Å². The number of nitrogens with zero attached hydrogens (tertiary/aromatic N) is 5. The fourth-order valence-corrected chi connectivity index (χ4v) is 5.03. The third kappa shape index (κ3) is 4.38. The highest BCUT2D eigenvalue weighted by Crippen LogP contribution is 2.33. The average molecular weight is 460 g/mol. The summed E-state index contributed by atoms with van der Waals surface area (Å²) in [4.78, 5) is 37.6. The van der Waals surface area contributed by atoms with Gasteiger partial charge in [0.05, 0.1) is 23.6 Å². The first kappa shape index (κ1) is 21.9. The van der Waals surface area contributed by atoms with E-state index in [1.165, 1.54) is 21.1 Å². The number of pyridine rings is 1. The molecular formula is C21H25N5O3S2. The molecule has 2 aliphatic heterocycles. The minimum absolute atomic E-state index is 0.194. The lowest BCUT2D eigenvalue weighted by Crippen LogP contribution is -2.47. The molecule has 10 heteroatoms. The molecule has 4 heterocycles. The van der Waals surface area contributed by atoms with Gasteiger partial charge in [0.15, 0.2) is 0 Å². The Morgan fingerprint density at radius 1 is 1.23 bits per heavy atom. The molecule has 2 saturated heterocycles. The van der Waals surface area contributed by atoms with Crippen LogP contribution in [0.4, 0.5) is 5.82 Å². The van der Waals surface area contributed by atoms with Crippen LogP contribution in [0.5, 0.6) is 0 Å². The minimum Gasteiger partial charge on any atom is -0.383 e. The van der Waals surface area contributed by atoms with Crippen LogP contribution in [0.3, 0.4) is 0 Å². The lowest BCUT2D eigenvalue weighted by atomic mass is 10.2. The van der Waals surface area contributed by atoms with Crippen LogP contribution in [0.1, 0.15) is 12.5 Å². The SMILES string of the molecule is CCN1CCN(c2nc3ccccn3c(=O)c2/C=C2\SC(=S)N(CCOC)C2=O)CC1. The van der Waals surface area contributed by atoms with Gasteiger partial charge < -0.3 is 14.5 Å². The normalized spacial score (nSPS) is 19.2. The Kier molecular flexibility index (Phi) is 6.71. The summed E-state index contributed by atoms with van der Waals surface area (Å²) in [5, 5.41) is 0. The van der Waals surface area contributed by atoms with Crippen molar-refractivity contribution in [3.63, 3.8) is 0 Å². The number of hydrogen-bond acceptors (Lipinski definition) is 8. The zero-order valence-corrected chi connectivity index (χ0v) is 19.2. The first-order valence-corrected chi connectivity index (χ1v) is 11.5. The number of anilines is 1. The van der Waals surface area contributed by atoms with Crippen LogP contribution >= 0.6 is 24.0 Å². The number of rotatable bonds is 6. The van der Waals surface area contributed by atoms with Gasteiger partial charge in [-0.2, -0.15) is 0 Å². The fourth-order valence-electron chi connectivity index (χ4n) is 3.74. The second-order valence-corrected chi connectivity index (χ2v) is 9.01. The van der Waals surface area contributed by atoms with E-state index in [1.807, 2.05) is 12.1 Å². The lowest BCUT2D eigenvalue weighted by molar-refractivity contribution is -0.122. The molecule has 0 aliphatic carbocycles. The van der Waals surface area contributed by atoms with Crippen molar-refractivity contribution in [3.05, 3.63) is 45.2 Å². The second kappa shape index (κ2) is 9.47. The van der Waals surface area contributed by atoms with Crippen molar-refractivity contribution in [1.82, 2.24) is 19.2 Å². The van der Waals surface area contributed by atoms with E-state index in [-0.39, 0.29) is 11.5 Å².